The van der Waals surface area contributed by atoms with Crippen LogP contribution in [0.15, 0.2) is 90.2 Å². The molecule has 0 spiro atoms. The lowest BCUT2D eigenvalue weighted by Crippen LogP contribution is -2.19. The van der Waals surface area contributed by atoms with Crippen molar-refractivity contribution < 1.29 is 0 Å². The van der Waals surface area contributed by atoms with Gasteiger partial charge in [0.25, 0.3) is 0 Å². The maximum absolute atomic E-state index is 9.49. The van der Waals surface area contributed by atoms with Crippen molar-refractivity contribution >= 4 is 23.5 Å². The predicted octanol–water partition coefficient (Wildman–Crippen LogP) is 7.53. The molecule has 164 valence electrons. The molecule has 1 fully saturated rings. The lowest BCUT2D eigenvalue weighted by molar-refractivity contribution is 0.833. The molecule has 0 amide bonds. The third-order valence-electron chi connectivity index (χ3n) is 6.79. The third kappa shape index (κ3) is 4.05. The number of rotatable bonds is 5. The largest absolute Gasteiger partial charge is 0.314 e. The number of nitriles is 2. The molecule has 34 heavy (non-hydrogen) atoms. The van der Waals surface area contributed by atoms with Gasteiger partial charge in [-0.05, 0) is 85.4 Å². The van der Waals surface area contributed by atoms with E-state index in [-0.39, 0.29) is 0 Å². The summed E-state index contributed by atoms with van der Waals surface area (Å²) in [4.78, 5) is 2.37. The van der Waals surface area contributed by atoms with Crippen LogP contribution in [0.5, 0.6) is 0 Å². The van der Waals surface area contributed by atoms with Crippen molar-refractivity contribution in [2.24, 2.45) is 11.8 Å². The molecule has 0 saturated heterocycles. The van der Waals surface area contributed by atoms with E-state index in [0.717, 1.165) is 28.1 Å². The first-order chi connectivity index (χ1) is 16.6. The number of aryl methyl sites for hydroxylation is 1. The molecule has 1 saturated carbocycles. The molecule has 0 radical (unpaired) electrons. The summed E-state index contributed by atoms with van der Waals surface area (Å²) in [5, 5.41) is 18.8. The quantitative estimate of drug-likeness (QED) is 0.386. The maximum atomic E-state index is 9.49. The summed E-state index contributed by atoms with van der Waals surface area (Å²) in [5.41, 5.74) is 8.92. The van der Waals surface area contributed by atoms with E-state index in [9.17, 15) is 10.5 Å². The van der Waals surface area contributed by atoms with Gasteiger partial charge in [-0.3, -0.25) is 0 Å². The topological polar surface area (TPSA) is 50.8 Å². The van der Waals surface area contributed by atoms with E-state index < -0.39 is 0 Å². The number of benzene rings is 3. The molecule has 0 N–H and O–H groups in total. The number of fused-ring (bicyclic) bond motifs is 1. The lowest BCUT2D eigenvalue weighted by atomic mass is 9.99. The second kappa shape index (κ2) is 8.89. The Balaban J connectivity index is 1.46. The van der Waals surface area contributed by atoms with Crippen LogP contribution < -0.4 is 4.90 Å². The number of nitrogens with zero attached hydrogens (tertiary/aromatic N) is 3. The van der Waals surface area contributed by atoms with Gasteiger partial charge >= 0.3 is 0 Å². The zero-order valence-corrected chi connectivity index (χ0v) is 19.4. The lowest BCUT2D eigenvalue weighted by Gasteiger charge is -2.29. The van der Waals surface area contributed by atoms with E-state index in [2.05, 4.69) is 84.6 Å². The Morgan fingerprint density at radius 3 is 2.21 bits per heavy atom. The molecule has 0 aliphatic heterocycles. The summed E-state index contributed by atoms with van der Waals surface area (Å²) < 4.78 is 0. The molecular formula is C31H25N3. The SMILES string of the molecule is CC1=CC=C(N(c2ccccc2)c2ccc(/C=C\c3cc(C#N)c(C)cc3C#N)cc2)C2CC12. The van der Waals surface area contributed by atoms with Crippen molar-refractivity contribution in [3.63, 3.8) is 0 Å². The molecule has 3 heteroatoms. The van der Waals surface area contributed by atoms with Gasteiger partial charge in [0, 0.05) is 23.0 Å². The first-order valence-electron chi connectivity index (χ1n) is 11.6. The Labute approximate surface area is 201 Å². The molecule has 3 aromatic carbocycles. The minimum absolute atomic E-state index is 0.575. The van der Waals surface area contributed by atoms with Crippen LogP contribution in [-0.4, -0.2) is 0 Å². The fraction of sp³-hybridized carbons (Fsp3) is 0.161. The second-order valence-electron chi connectivity index (χ2n) is 9.02. The van der Waals surface area contributed by atoms with Crippen molar-refractivity contribution in [1.29, 1.82) is 10.5 Å². The van der Waals surface area contributed by atoms with Gasteiger partial charge in [-0.25, -0.2) is 0 Å². The Kier molecular flexibility index (Phi) is 5.62. The zero-order valence-electron chi connectivity index (χ0n) is 19.4. The van der Waals surface area contributed by atoms with Gasteiger partial charge in [-0.1, -0.05) is 54.1 Å². The summed E-state index contributed by atoms with van der Waals surface area (Å²) >= 11 is 0. The van der Waals surface area contributed by atoms with Gasteiger partial charge in [0.15, 0.2) is 0 Å². The fourth-order valence-electron chi connectivity index (χ4n) is 4.75. The average molecular weight is 440 g/mol. The Morgan fingerprint density at radius 1 is 0.794 bits per heavy atom. The van der Waals surface area contributed by atoms with E-state index in [4.69, 9.17) is 0 Å². The summed E-state index contributed by atoms with van der Waals surface area (Å²) in [7, 11) is 0. The number of anilines is 2. The minimum atomic E-state index is 0.575. The minimum Gasteiger partial charge on any atom is -0.314 e. The molecular weight excluding hydrogens is 414 g/mol. The number of hydrogen-bond donors (Lipinski definition) is 0. The van der Waals surface area contributed by atoms with Crippen molar-refractivity contribution in [2.45, 2.75) is 20.3 Å². The van der Waals surface area contributed by atoms with Crippen LogP contribution in [-0.2, 0) is 0 Å². The highest BCUT2D eigenvalue weighted by atomic mass is 15.2. The van der Waals surface area contributed by atoms with Crippen LogP contribution in [0.3, 0.4) is 0 Å². The van der Waals surface area contributed by atoms with Crippen LogP contribution in [0.1, 0.15) is 41.2 Å². The molecule has 2 aliphatic carbocycles. The fourth-order valence-corrected chi connectivity index (χ4v) is 4.75. The highest BCUT2D eigenvalue weighted by Gasteiger charge is 2.44. The Morgan fingerprint density at radius 2 is 1.50 bits per heavy atom. The smallest absolute Gasteiger partial charge is 0.0998 e. The zero-order chi connectivity index (χ0) is 23.7. The molecule has 2 aliphatic rings. The highest BCUT2D eigenvalue weighted by molar-refractivity contribution is 5.76. The maximum Gasteiger partial charge on any atom is 0.0998 e. The van der Waals surface area contributed by atoms with Gasteiger partial charge in [-0.2, -0.15) is 10.5 Å². The van der Waals surface area contributed by atoms with Crippen LogP contribution in [0, 0.1) is 41.4 Å². The predicted molar refractivity (Wildman–Crippen MR) is 138 cm³/mol. The van der Waals surface area contributed by atoms with Gasteiger partial charge in [0.1, 0.15) is 0 Å². The summed E-state index contributed by atoms with van der Waals surface area (Å²) in [6.45, 7) is 4.09. The average Bonchev–Trinajstić information content (AvgIpc) is 3.68. The van der Waals surface area contributed by atoms with Crippen molar-refractivity contribution in [2.75, 3.05) is 4.90 Å². The number of allylic oxidation sites excluding steroid dienone is 4. The number of hydrogen-bond acceptors (Lipinski definition) is 3. The van der Waals surface area contributed by atoms with Gasteiger partial charge in [0.2, 0.25) is 0 Å². The molecule has 5 rings (SSSR count). The molecule has 2 unspecified atom stereocenters. The number of para-hydroxylation sites is 1. The third-order valence-corrected chi connectivity index (χ3v) is 6.79. The highest BCUT2D eigenvalue weighted by Crippen LogP contribution is 2.53. The molecule has 0 heterocycles. The van der Waals surface area contributed by atoms with Crippen molar-refractivity contribution in [3.8, 4) is 12.1 Å². The Bertz CT molecular complexity index is 1410. The summed E-state index contributed by atoms with van der Waals surface area (Å²) in [5.74, 6) is 1.26. The van der Waals surface area contributed by atoms with E-state index in [1.165, 1.54) is 17.7 Å². The normalized spacial score (nSPS) is 18.4. The molecule has 0 aromatic heterocycles. The standard InChI is InChI=1S/C31H25N3/c1-21-8-15-31(30-18-29(21)30)34(27-6-4-3-5-7-27)28-13-10-23(11-14-28)9-12-24-17-25(19-32)22(2)16-26(24)20-33/h3-17,29-30H,18H2,1-2H3/b12-9-. The van der Waals surface area contributed by atoms with Crippen LogP contribution in [0.4, 0.5) is 11.4 Å². The Hall–Kier alpha value is -4.34. The molecule has 0 bridgehead atoms. The molecule has 3 nitrogen and oxygen atoms in total. The van der Waals surface area contributed by atoms with Gasteiger partial charge < -0.3 is 4.90 Å². The van der Waals surface area contributed by atoms with E-state index >= 15 is 0 Å². The van der Waals surface area contributed by atoms with Crippen molar-refractivity contribution in [1.82, 2.24) is 0 Å². The van der Waals surface area contributed by atoms with Crippen LogP contribution in [0.2, 0.25) is 0 Å². The summed E-state index contributed by atoms with van der Waals surface area (Å²) in [6.07, 6.45) is 9.67. The summed E-state index contributed by atoms with van der Waals surface area (Å²) in [6, 6.07) is 27.0. The van der Waals surface area contributed by atoms with E-state index in [1.54, 1.807) is 12.1 Å². The first kappa shape index (κ1) is 21.5. The van der Waals surface area contributed by atoms with Crippen molar-refractivity contribution in [3.05, 3.63) is 118 Å². The van der Waals surface area contributed by atoms with E-state index in [1.807, 2.05) is 25.1 Å². The van der Waals surface area contributed by atoms with Crippen LogP contribution in [0.25, 0.3) is 12.2 Å². The van der Waals surface area contributed by atoms with Gasteiger partial charge in [-0.15, -0.1) is 0 Å². The second-order valence-corrected chi connectivity index (χ2v) is 9.02. The first-order valence-corrected chi connectivity index (χ1v) is 11.6. The van der Waals surface area contributed by atoms with Gasteiger partial charge in [0.05, 0.1) is 23.3 Å². The van der Waals surface area contributed by atoms with Crippen LogP contribution >= 0.6 is 0 Å². The van der Waals surface area contributed by atoms with E-state index in [0.29, 0.717) is 23.0 Å². The monoisotopic (exact) mass is 439 g/mol. The molecule has 2 atom stereocenters. The molecule has 3 aromatic rings.